The molecule has 0 saturated heterocycles. The van der Waals surface area contributed by atoms with Gasteiger partial charge in [-0.25, -0.2) is 0 Å². The number of rotatable bonds is 3. The second kappa shape index (κ2) is 7.09. The predicted molar refractivity (Wildman–Crippen MR) is 83.3 cm³/mol. The number of carbonyl (C=O) groups excluding carboxylic acids is 1. The van der Waals surface area contributed by atoms with E-state index in [1.54, 1.807) is 0 Å². The van der Waals surface area contributed by atoms with Crippen molar-refractivity contribution in [2.45, 2.75) is 51.9 Å². The summed E-state index contributed by atoms with van der Waals surface area (Å²) in [5, 5.41) is 3.03. The van der Waals surface area contributed by atoms with Crippen molar-refractivity contribution in [3.05, 3.63) is 28.2 Å². The van der Waals surface area contributed by atoms with Crippen LogP contribution in [0.4, 0.5) is 5.69 Å². The van der Waals surface area contributed by atoms with Crippen LogP contribution in [-0.4, -0.2) is 5.91 Å². The number of amides is 1. The molecule has 1 saturated carbocycles. The minimum Gasteiger partial charge on any atom is -0.325 e. The van der Waals surface area contributed by atoms with Crippen molar-refractivity contribution in [3.8, 4) is 0 Å². The molecular weight excluding hydrogens is 302 g/mol. The van der Waals surface area contributed by atoms with Gasteiger partial charge in [-0.1, -0.05) is 37.8 Å². The molecule has 0 bridgehead atoms. The summed E-state index contributed by atoms with van der Waals surface area (Å²) in [6.45, 7) is 2.03. The maximum atomic E-state index is 12.1. The second-order valence-corrected chi connectivity index (χ2v) is 6.34. The van der Waals surface area contributed by atoms with Crippen LogP contribution in [0.3, 0.4) is 0 Å². The molecule has 0 aromatic heterocycles. The highest BCUT2D eigenvalue weighted by Crippen LogP contribution is 2.28. The van der Waals surface area contributed by atoms with Crippen LogP contribution in [0, 0.1) is 12.8 Å². The largest absolute Gasteiger partial charge is 0.325 e. The van der Waals surface area contributed by atoms with E-state index >= 15 is 0 Å². The van der Waals surface area contributed by atoms with Gasteiger partial charge in [-0.3, -0.25) is 4.79 Å². The molecule has 0 unspecified atom stereocenters. The van der Waals surface area contributed by atoms with Gasteiger partial charge in [-0.05, 0) is 53.2 Å². The van der Waals surface area contributed by atoms with Crippen molar-refractivity contribution < 1.29 is 4.79 Å². The fourth-order valence-electron chi connectivity index (χ4n) is 2.78. The Labute approximate surface area is 124 Å². The summed E-state index contributed by atoms with van der Waals surface area (Å²) in [6.07, 6.45) is 8.33. The fourth-order valence-corrected chi connectivity index (χ4v) is 3.14. The van der Waals surface area contributed by atoms with Gasteiger partial charge in [0.15, 0.2) is 0 Å². The van der Waals surface area contributed by atoms with Crippen LogP contribution >= 0.6 is 15.9 Å². The van der Waals surface area contributed by atoms with Crippen molar-refractivity contribution >= 4 is 27.5 Å². The van der Waals surface area contributed by atoms with Gasteiger partial charge in [-0.2, -0.15) is 0 Å². The van der Waals surface area contributed by atoms with E-state index in [0.717, 1.165) is 15.7 Å². The molecule has 2 rings (SSSR count). The summed E-state index contributed by atoms with van der Waals surface area (Å²) in [5.74, 6) is 0.726. The monoisotopic (exact) mass is 323 g/mol. The van der Waals surface area contributed by atoms with E-state index in [9.17, 15) is 4.79 Å². The van der Waals surface area contributed by atoms with E-state index in [2.05, 4.69) is 21.2 Å². The average Bonchev–Trinajstić information content (AvgIpc) is 2.63. The first kappa shape index (κ1) is 14.6. The Morgan fingerprint density at radius 2 is 1.95 bits per heavy atom. The number of nitrogens with one attached hydrogen (secondary N) is 1. The van der Waals surface area contributed by atoms with Crippen LogP contribution in [0.25, 0.3) is 0 Å². The number of benzene rings is 1. The normalized spacial score (nSPS) is 16.9. The van der Waals surface area contributed by atoms with Gasteiger partial charge < -0.3 is 5.32 Å². The summed E-state index contributed by atoms with van der Waals surface area (Å²) >= 11 is 3.53. The Kier molecular flexibility index (Phi) is 5.44. The molecule has 1 aromatic rings. The minimum absolute atomic E-state index is 0.151. The summed E-state index contributed by atoms with van der Waals surface area (Å²) in [7, 11) is 0. The molecule has 1 aromatic carbocycles. The molecule has 0 spiro atoms. The van der Waals surface area contributed by atoms with Crippen LogP contribution in [0.15, 0.2) is 22.7 Å². The highest BCUT2D eigenvalue weighted by molar-refractivity contribution is 9.10. The van der Waals surface area contributed by atoms with E-state index in [-0.39, 0.29) is 5.91 Å². The van der Waals surface area contributed by atoms with E-state index < -0.39 is 0 Å². The lowest BCUT2D eigenvalue weighted by atomic mass is 9.96. The Hall–Kier alpha value is -0.830. The molecule has 0 heterocycles. The van der Waals surface area contributed by atoms with Crippen LogP contribution in [0.1, 0.15) is 50.5 Å². The van der Waals surface area contributed by atoms with Crippen molar-refractivity contribution in [2.24, 2.45) is 5.92 Å². The SMILES string of the molecule is Cc1cccc(NC(=O)CC2CCCCCC2)c1Br. The van der Waals surface area contributed by atoms with Gasteiger partial charge in [0.25, 0.3) is 0 Å². The summed E-state index contributed by atoms with van der Waals surface area (Å²) < 4.78 is 0.990. The minimum atomic E-state index is 0.151. The molecule has 2 nitrogen and oxygen atoms in total. The third kappa shape index (κ3) is 4.34. The Morgan fingerprint density at radius 1 is 1.26 bits per heavy atom. The number of carbonyl (C=O) groups is 1. The Morgan fingerprint density at radius 3 is 2.63 bits per heavy atom. The molecule has 19 heavy (non-hydrogen) atoms. The number of anilines is 1. The molecule has 0 aliphatic heterocycles. The first-order valence-electron chi connectivity index (χ1n) is 7.22. The van der Waals surface area contributed by atoms with Crippen molar-refractivity contribution in [1.82, 2.24) is 0 Å². The van der Waals surface area contributed by atoms with Gasteiger partial charge in [-0.15, -0.1) is 0 Å². The lowest BCUT2D eigenvalue weighted by Crippen LogP contribution is -2.16. The molecule has 104 valence electrons. The van der Waals surface area contributed by atoms with Crippen molar-refractivity contribution in [2.75, 3.05) is 5.32 Å². The molecule has 0 atom stereocenters. The number of hydrogen-bond acceptors (Lipinski definition) is 1. The van der Waals surface area contributed by atoms with Crippen LogP contribution in [0.2, 0.25) is 0 Å². The smallest absolute Gasteiger partial charge is 0.224 e. The zero-order valence-electron chi connectivity index (χ0n) is 11.5. The van der Waals surface area contributed by atoms with Crippen LogP contribution in [0.5, 0.6) is 0 Å². The van der Waals surface area contributed by atoms with Crippen LogP contribution < -0.4 is 5.32 Å². The number of halogens is 1. The first-order valence-corrected chi connectivity index (χ1v) is 8.01. The molecule has 1 fully saturated rings. The molecule has 1 amide bonds. The quantitative estimate of drug-likeness (QED) is 0.774. The molecule has 1 aliphatic rings. The zero-order valence-corrected chi connectivity index (χ0v) is 13.1. The number of hydrogen-bond donors (Lipinski definition) is 1. The Balaban J connectivity index is 1.91. The van der Waals surface area contributed by atoms with Gasteiger partial charge in [0, 0.05) is 10.9 Å². The lowest BCUT2D eigenvalue weighted by molar-refractivity contribution is -0.117. The highest BCUT2D eigenvalue weighted by Gasteiger charge is 2.16. The molecule has 3 heteroatoms. The second-order valence-electron chi connectivity index (χ2n) is 5.55. The first-order chi connectivity index (χ1) is 9.16. The van der Waals surface area contributed by atoms with Crippen molar-refractivity contribution in [1.29, 1.82) is 0 Å². The maximum absolute atomic E-state index is 12.1. The molecular formula is C16H22BrNO. The third-order valence-corrected chi connectivity index (χ3v) is 4.97. The summed E-state index contributed by atoms with van der Waals surface area (Å²) in [4.78, 5) is 12.1. The standard InChI is InChI=1S/C16H22BrNO/c1-12-7-6-10-14(16(12)17)18-15(19)11-13-8-4-2-3-5-9-13/h6-7,10,13H,2-5,8-9,11H2,1H3,(H,18,19). The van der Waals surface area contributed by atoms with Gasteiger partial charge in [0.1, 0.15) is 0 Å². The van der Waals surface area contributed by atoms with Crippen molar-refractivity contribution in [3.63, 3.8) is 0 Å². The average molecular weight is 324 g/mol. The van der Waals surface area contributed by atoms with Crippen LogP contribution in [-0.2, 0) is 4.79 Å². The topological polar surface area (TPSA) is 29.1 Å². The highest BCUT2D eigenvalue weighted by atomic mass is 79.9. The Bertz CT molecular complexity index is 436. The molecule has 1 aliphatic carbocycles. The van der Waals surface area contributed by atoms with E-state index in [1.165, 1.54) is 38.5 Å². The van der Waals surface area contributed by atoms with E-state index in [0.29, 0.717) is 12.3 Å². The predicted octanol–water partition coefficient (Wildman–Crippen LogP) is 5.06. The van der Waals surface area contributed by atoms with E-state index in [4.69, 9.17) is 0 Å². The summed E-state index contributed by atoms with van der Waals surface area (Å²) in [6, 6.07) is 5.95. The van der Waals surface area contributed by atoms with E-state index in [1.807, 2.05) is 25.1 Å². The fraction of sp³-hybridized carbons (Fsp3) is 0.562. The lowest BCUT2D eigenvalue weighted by Gasteiger charge is -2.14. The zero-order chi connectivity index (χ0) is 13.7. The molecule has 1 N–H and O–H groups in total. The number of aryl methyl sites for hydroxylation is 1. The maximum Gasteiger partial charge on any atom is 0.224 e. The van der Waals surface area contributed by atoms with Gasteiger partial charge >= 0.3 is 0 Å². The summed E-state index contributed by atoms with van der Waals surface area (Å²) in [5.41, 5.74) is 2.03. The van der Waals surface area contributed by atoms with Gasteiger partial charge in [0.2, 0.25) is 5.91 Å². The van der Waals surface area contributed by atoms with Gasteiger partial charge in [0.05, 0.1) is 5.69 Å². The third-order valence-electron chi connectivity index (χ3n) is 3.91. The molecule has 0 radical (unpaired) electrons.